The van der Waals surface area contributed by atoms with Crippen molar-refractivity contribution in [1.82, 2.24) is 9.80 Å². The number of phenols is 1. The van der Waals surface area contributed by atoms with Crippen LogP contribution in [0.2, 0.25) is 0 Å². The molecule has 1 aromatic rings. The van der Waals surface area contributed by atoms with Crippen molar-refractivity contribution in [3.8, 4) is 5.75 Å². The summed E-state index contributed by atoms with van der Waals surface area (Å²) in [6, 6.07) is 7.23. The first-order chi connectivity index (χ1) is 13.5. The predicted molar refractivity (Wildman–Crippen MR) is 111 cm³/mol. The summed E-state index contributed by atoms with van der Waals surface area (Å²) in [5, 5.41) is 39.5. The third-order valence-electron chi connectivity index (χ3n) is 5.48. The first-order valence-electron chi connectivity index (χ1n) is 9.95. The summed E-state index contributed by atoms with van der Waals surface area (Å²) in [6.07, 6.45) is 6.80. The summed E-state index contributed by atoms with van der Waals surface area (Å²) in [5.74, 6) is 0.591. The van der Waals surface area contributed by atoms with Crippen LogP contribution in [0.4, 0.5) is 0 Å². The van der Waals surface area contributed by atoms with Gasteiger partial charge in [0.05, 0.1) is 0 Å². The van der Waals surface area contributed by atoms with E-state index in [0.717, 1.165) is 24.0 Å². The van der Waals surface area contributed by atoms with E-state index in [2.05, 4.69) is 15.9 Å². The van der Waals surface area contributed by atoms with Crippen LogP contribution in [-0.2, 0) is 6.54 Å². The molecule has 2 atom stereocenters. The van der Waals surface area contributed by atoms with Crippen molar-refractivity contribution >= 4 is 0 Å². The molecule has 1 aromatic carbocycles. The fourth-order valence-corrected chi connectivity index (χ4v) is 3.95. The number of hydrogen-bond donors (Lipinski definition) is 4. The molecule has 6 heteroatoms. The summed E-state index contributed by atoms with van der Waals surface area (Å²) >= 11 is 0. The number of aliphatic hydroxyl groups excluding tert-OH is 3. The lowest BCUT2D eigenvalue weighted by atomic mass is 9.97. The number of phenolic OH excluding ortho intramolecular Hbond substituents is 1. The van der Waals surface area contributed by atoms with Gasteiger partial charge in [-0.1, -0.05) is 24.3 Å². The first-order valence-corrected chi connectivity index (χ1v) is 9.95. The number of benzene rings is 1. The highest BCUT2D eigenvalue weighted by Crippen LogP contribution is 2.24. The highest BCUT2D eigenvalue weighted by molar-refractivity contribution is 5.32. The lowest BCUT2D eigenvalue weighted by molar-refractivity contribution is 0.0729. The molecule has 4 N–H and O–H groups in total. The molecule has 0 heterocycles. The molecule has 0 spiro atoms. The topological polar surface area (TPSA) is 87.4 Å². The van der Waals surface area contributed by atoms with E-state index in [1.165, 1.54) is 0 Å². The van der Waals surface area contributed by atoms with Gasteiger partial charge in [-0.2, -0.15) is 0 Å². The number of nitrogens with zero attached hydrogens (tertiary/aromatic N) is 2. The molecule has 0 saturated carbocycles. The van der Waals surface area contributed by atoms with Gasteiger partial charge in [0.15, 0.2) is 0 Å². The Labute approximate surface area is 168 Å². The number of aromatic hydroxyl groups is 1. The standard InChI is InChI=1S/C22H34N2O4/c1-23(15-17-7-3-5-9-21(17)27)19(11-13-25)20(12-14-26)24(2)16-18-8-4-6-10-22(18)28/h3,5,7-10,19-20,25-28H,4,6,11-16H2,1-2H3. The minimum Gasteiger partial charge on any atom is -0.508 e. The van der Waals surface area contributed by atoms with Crippen LogP contribution in [0.3, 0.4) is 0 Å². The van der Waals surface area contributed by atoms with Gasteiger partial charge in [0.1, 0.15) is 11.5 Å². The zero-order valence-electron chi connectivity index (χ0n) is 17.0. The van der Waals surface area contributed by atoms with Crippen LogP contribution < -0.4 is 0 Å². The summed E-state index contributed by atoms with van der Waals surface area (Å²) in [6.45, 7) is 1.21. The second-order valence-corrected chi connectivity index (χ2v) is 7.51. The smallest absolute Gasteiger partial charge is 0.120 e. The van der Waals surface area contributed by atoms with Crippen LogP contribution in [0.1, 0.15) is 31.2 Å². The normalized spacial score (nSPS) is 16.8. The van der Waals surface area contributed by atoms with Gasteiger partial charge >= 0.3 is 0 Å². The highest BCUT2D eigenvalue weighted by atomic mass is 16.3. The van der Waals surface area contributed by atoms with Crippen LogP contribution in [0.25, 0.3) is 0 Å². The summed E-state index contributed by atoms with van der Waals surface area (Å²) in [4.78, 5) is 4.26. The number of para-hydroxylation sites is 1. The second kappa shape index (κ2) is 11.2. The van der Waals surface area contributed by atoms with Gasteiger partial charge < -0.3 is 20.4 Å². The van der Waals surface area contributed by atoms with Gasteiger partial charge in [-0.05, 0) is 51.9 Å². The maximum absolute atomic E-state index is 10.1. The molecule has 28 heavy (non-hydrogen) atoms. The Hall–Kier alpha value is -1.86. The fourth-order valence-electron chi connectivity index (χ4n) is 3.95. The predicted octanol–water partition coefficient (Wildman–Crippen LogP) is 2.42. The van der Waals surface area contributed by atoms with Crippen LogP contribution in [0, 0.1) is 0 Å². The molecule has 0 saturated heterocycles. The fraction of sp³-hybridized carbons (Fsp3) is 0.545. The van der Waals surface area contributed by atoms with Crippen molar-refractivity contribution in [1.29, 1.82) is 0 Å². The molecule has 0 aromatic heterocycles. The summed E-state index contributed by atoms with van der Waals surface area (Å²) in [5.41, 5.74) is 1.73. The molecule has 1 aliphatic carbocycles. The van der Waals surface area contributed by atoms with Crippen molar-refractivity contribution in [2.24, 2.45) is 0 Å². The second-order valence-electron chi connectivity index (χ2n) is 7.51. The molecule has 0 bridgehead atoms. The number of allylic oxidation sites excluding steroid dienone is 2. The Kier molecular flexibility index (Phi) is 8.99. The highest BCUT2D eigenvalue weighted by Gasteiger charge is 2.29. The van der Waals surface area contributed by atoms with Crippen molar-refractivity contribution < 1.29 is 20.4 Å². The SMILES string of the molecule is CN(CC1=CCCC=C1O)C(CCO)C(CCO)N(C)Cc1ccccc1O. The Bertz CT molecular complexity index is 674. The minimum absolute atomic E-state index is 0.0105. The van der Waals surface area contributed by atoms with Crippen molar-refractivity contribution in [3.63, 3.8) is 0 Å². The van der Waals surface area contributed by atoms with Gasteiger partial charge in [0, 0.05) is 49.5 Å². The number of likely N-dealkylation sites (N-methyl/N-ethyl adjacent to an activating group) is 2. The van der Waals surface area contributed by atoms with E-state index in [0.29, 0.717) is 31.7 Å². The molecule has 1 aliphatic rings. The maximum Gasteiger partial charge on any atom is 0.120 e. The number of rotatable bonds is 11. The van der Waals surface area contributed by atoms with Crippen molar-refractivity contribution in [3.05, 3.63) is 53.3 Å². The number of aliphatic hydroxyl groups is 3. The average molecular weight is 391 g/mol. The molecular formula is C22H34N2O4. The minimum atomic E-state index is -0.0166. The zero-order valence-corrected chi connectivity index (χ0v) is 17.0. The van der Waals surface area contributed by atoms with E-state index in [1.54, 1.807) is 12.1 Å². The molecule has 0 fully saturated rings. The Balaban J connectivity index is 2.16. The van der Waals surface area contributed by atoms with Gasteiger partial charge in [-0.25, -0.2) is 0 Å². The molecular weight excluding hydrogens is 356 g/mol. The molecule has 2 unspecified atom stereocenters. The van der Waals surface area contributed by atoms with Crippen LogP contribution >= 0.6 is 0 Å². The Morgan fingerprint density at radius 3 is 2.00 bits per heavy atom. The lowest BCUT2D eigenvalue weighted by Gasteiger charge is -2.40. The van der Waals surface area contributed by atoms with Gasteiger partial charge in [0.2, 0.25) is 0 Å². The molecule has 156 valence electrons. The molecule has 0 aliphatic heterocycles. The van der Waals surface area contributed by atoms with Crippen LogP contribution in [-0.4, -0.2) is 76.2 Å². The average Bonchev–Trinajstić information content (AvgIpc) is 2.68. The largest absolute Gasteiger partial charge is 0.508 e. The maximum atomic E-state index is 10.1. The Morgan fingerprint density at radius 2 is 1.43 bits per heavy atom. The third-order valence-corrected chi connectivity index (χ3v) is 5.48. The van der Waals surface area contributed by atoms with Gasteiger partial charge in [-0.3, -0.25) is 9.80 Å². The van der Waals surface area contributed by atoms with E-state index in [4.69, 9.17) is 0 Å². The summed E-state index contributed by atoms with van der Waals surface area (Å²) < 4.78 is 0. The Morgan fingerprint density at radius 1 is 0.857 bits per heavy atom. The van der Waals surface area contributed by atoms with Gasteiger partial charge in [-0.15, -0.1) is 0 Å². The van der Waals surface area contributed by atoms with E-state index < -0.39 is 0 Å². The monoisotopic (exact) mass is 390 g/mol. The summed E-state index contributed by atoms with van der Waals surface area (Å²) in [7, 11) is 3.96. The van der Waals surface area contributed by atoms with Crippen molar-refractivity contribution in [2.45, 2.75) is 44.3 Å². The molecule has 0 amide bonds. The first kappa shape index (κ1) is 22.4. The quantitative estimate of drug-likeness (QED) is 0.464. The van der Waals surface area contributed by atoms with Crippen LogP contribution in [0.15, 0.2) is 47.7 Å². The molecule has 0 radical (unpaired) electrons. The molecule has 6 nitrogen and oxygen atoms in total. The van der Waals surface area contributed by atoms with Crippen molar-refractivity contribution in [2.75, 3.05) is 33.9 Å². The van der Waals surface area contributed by atoms with E-state index in [9.17, 15) is 20.4 Å². The van der Waals surface area contributed by atoms with Gasteiger partial charge in [0.25, 0.3) is 0 Å². The van der Waals surface area contributed by atoms with Crippen LogP contribution in [0.5, 0.6) is 5.75 Å². The lowest BCUT2D eigenvalue weighted by Crippen LogP contribution is -2.50. The zero-order chi connectivity index (χ0) is 20.5. The number of hydrogen-bond acceptors (Lipinski definition) is 6. The van der Waals surface area contributed by atoms with E-state index in [-0.39, 0.29) is 31.0 Å². The molecule has 2 rings (SSSR count). The van der Waals surface area contributed by atoms with E-state index in [1.807, 2.05) is 32.3 Å². The third kappa shape index (κ3) is 6.07. The van der Waals surface area contributed by atoms with E-state index >= 15 is 0 Å².